The van der Waals surface area contributed by atoms with Crippen LogP contribution in [0.4, 0.5) is 4.39 Å². The molecule has 0 saturated heterocycles. The summed E-state index contributed by atoms with van der Waals surface area (Å²) in [5, 5.41) is 5.10. The Morgan fingerprint density at radius 2 is 1.56 bits per heavy atom. The number of hydrogen-bond acceptors (Lipinski definition) is 3. The average molecular weight is 352 g/mol. The molecule has 1 aromatic heterocycles. The van der Waals surface area contributed by atoms with Gasteiger partial charge in [-0.2, -0.15) is 5.10 Å². The number of hydrogen-bond donors (Lipinski definition) is 0. The molecule has 0 aliphatic rings. The Hall–Kier alpha value is -2.99. The number of fused-ring (bicyclic) bond motifs is 1. The van der Waals surface area contributed by atoms with E-state index in [0.29, 0.717) is 16.6 Å². The Labute approximate surface area is 144 Å². The molecule has 124 valence electrons. The van der Waals surface area contributed by atoms with E-state index in [1.807, 2.05) is 0 Å². The van der Waals surface area contributed by atoms with Crippen LogP contribution >= 0.6 is 0 Å². The fraction of sp³-hybridized carbons (Fsp3) is 0. The summed E-state index contributed by atoms with van der Waals surface area (Å²) in [5.74, 6) is -0.322. The van der Waals surface area contributed by atoms with Gasteiger partial charge in [0.25, 0.3) is 0 Å². The standard InChI is InChI=1S/C19H13FN2O2S/c20-15-6-8-16(9-7-15)22-13-14-12-18(10-11-19(14)21-22)25(23,24)17-4-2-1-3-5-17/h1-13H. The molecule has 0 bridgehead atoms. The Bertz CT molecular complexity index is 1150. The molecular formula is C19H13FN2O2S. The molecule has 0 saturated carbocycles. The maximum absolute atomic E-state index is 13.1. The Morgan fingerprint density at radius 3 is 2.28 bits per heavy atom. The molecule has 0 N–H and O–H groups in total. The second-order valence-electron chi connectivity index (χ2n) is 5.59. The van der Waals surface area contributed by atoms with Crippen LogP contribution in [0.2, 0.25) is 0 Å². The lowest BCUT2D eigenvalue weighted by Crippen LogP contribution is -2.01. The van der Waals surface area contributed by atoms with E-state index in [-0.39, 0.29) is 15.6 Å². The van der Waals surface area contributed by atoms with Gasteiger partial charge in [-0.05, 0) is 54.6 Å². The molecule has 25 heavy (non-hydrogen) atoms. The largest absolute Gasteiger partial charge is 0.240 e. The fourth-order valence-electron chi connectivity index (χ4n) is 2.63. The number of nitrogens with zero attached hydrogens (tertiary/aromatic N) is 2. The van der Waals surface area contributed by atoms with Crippen molar-refractivity contribution in [2.24, 2.45) is 0 Å². The molecule has 4 aromatic rings. The highest BCUT2D eigenvalue weighted by Crippen LogP contribution is 2.25. The molecule has 4 nitrogen and oxygen atoms in total. The molecule has 0 spiro atoms. The highest BCUT2D eigenvalue weighted by atomic mass is 32.2. The van der Waals surface area contributed by atoms with Crippen LogP contribution in [0.5, 0.6) is 0 Å². The lowest BCUT2D eigenvalue weighted by atomic mass is 10.2. The van der Waals surface area contributed by atoms with Crippen molar-refractivity contribution in [2.75, 3.05) is 0 Å². The van der Waals surface area contributed by atoms with Crippen LogP contribution in [0, 0.1) is 5.82 Å². The van der Waals surface area contributed by atoms with Crippen molar-refractivity contribution in [3.05, 3.63) is 84.8 Å². The quantitative estimate of drug-likeness (QED) is 0.560. The van der Waals surface area contributed by atoms with Gasteiger partial charge in [-0.1, -0.05) is 18.2 Å². The molecule has 3 aromatic carbocycles. The van der Waals surface area contributed by atoms with E-state index in [4.69, 9.17) is 0 Å². The third-order valence-electron chi connectivity index (χ3n) is 3.93. The molecule has 0 atom stereocenters. The Balaban J connectivity index is 1.80. The van der Waals surface area contributed by atoms with Crippen LogP contribution in [-0.2, 0) is 9.84 Å². The van der Waals surface area contributed by atoms with Gasteiger partial charge >= 0.3 is 0 Å². The number of halogens is 1. The van der Waals surface area contributed by atoms with E-state index in [1.54, 1.807) is 71.5 Å². The van der Waals surface area contributed by atoms with Crippen molar-refractivity contribution in [2.45, 2.75) is 9.79 Å². The Morgan fingerprint density at radius 1 is 0.840 bits per heavy atom. The van der Waals surface area contributed by atoms with E-state index in [9.17, 15) is 12.8 Å². The van der Waals surface area contributed by atoms with Gasteiger partial charge in [0.05, 0.1) is 21.0 Å². The smallest absolute Gasteiger partial charge is 0.206 e. The first-order valence-electron chi connectivity index (χ1n) is 7.59. The summed E-state index contributed by atoms with van der Waals surface area (Å²) in [6, 6.07) is 19.1. The zero-order valence-electron chi connectivity index (χ0n) is 13.0. The van der Waals surface area contributed by atoms with Crippen molar-refractivity contribution < 1.29 is 12.8 Å². The molecule has 0 amide bonds. The van der Waals surface area contributed by atoms with Gasteiger partial charge in [-0.3, -0.25) is 0 Å². The summed E-state index contributed by atoms with van der Waals surface area (Å²) < 4.78 is 40.1. The predicted molar refractivity (Wildman–Crippen MR) is 92.9 cm³/mol. The van der Waals surface area contributed by atoms with Gasteiger partial charge in [0.2, 0.25) is 9.84 Å². The summed E-state index contributed by atoms with van der Waals surface area (Å²) >= 11 is 0. The number of rotatable bonds is 3. The summed E-state index contributed by atoms with van der Waals surface area (Å²) in [7, 11) is -3.58. The maximum Gasteiger partial charge on any atom is 0.206 e. The first-order chi connectivity index (χ1) is 12.0. The van der Waals surface area contributed by atoms with E-state index >= 15 is 0 Å². The maximum atomic E-state index is 13.1. The van der Waals surface area contributed by atoms with E-state index in [2.05, 4.69) is 5.10 Å². The number of sulfone groups is 1. The zero-order chi connectivity index (χ0) is 17.4. The molecule has 0 fully saturated rings. The number of aromatic nitrogens is 2. The highest BCUT2D eigenvalue weighted by molar-refractivity contribution is 7.91. The first kappa shape index (κ1) is 15.5. The molecular weight excluding hydrogens is 339 g/mol. The van der Waals surface area contributed by atoms with Gasteiger partial charge in [-0.15, -0.1) is 0 Å². The highest BCUT2D eigenvalue weighted by Gasteiger charge is 2.18. The first-order valence-corrected chi connectivity index (χ1v) is 9.08. The van der Waals surface area contributed by atoms with Crippen LogP contribution < -0.4 is 0 Å². The van der Waals surface area contributed by atoms with Crippen LogP contribution in [0.1, 0.15) is 0 Å². The summed E-state index contributed by atoms with van der Waals surface area (Å²) in [4.78, 5) is 0.463. The van der Waals surface area contributed by atoms with Crippen LogP contribution in [0.15, 0.2) is 88.8 Å². The lowest BCUT2D eigenvalue weighted by Gasteiger charge is -2.04. The van der Waals surface area contributed by atoms with Gasteiger partial charge < -0.3 is 0 Å². The second kappa shape index (κ2) is 5.82. The molecule has 4 rings (SSSR count). The molecule has 0 radical (unpaired) electrons. The lowest BCUT2D eigenvalue weighted by molar-refractivity contribution is 0.596. The second-order valence-corrected chi connectivity index (χ2v) is 7.54. The summed E-state index contributed by atoms with van der Waals surface area (Å²) in [6.45, 7) is 0. The summed E-state index contributed by atoms with van der Waals surface area (Å²) in [6.07, 6.45) is 1.73. The van der Waals surface area contributed by atoms with Crippen molar-refractivity contribution in [3.63, 3.8) is 0 Å². The SMILES string of the molecule is O=S(=O)(c1ccccc1)c1ccc2nn(-c3ccc(F)cc3)cc2c1. The van der Waals surface area contributed by atoms with E-state index < -0.39 is 9.84 Å². The van der Waals surface area contributed by atoms with Crippen molar-refractivity contribution in [1.82, 2.24) is 9.78 Å². The van der Waals surface area contributed by atoms with Crippen molar-refractivity contribution in [3.8, 4) is 5.69 Å². The van der Waals surface area contributed by atoms with Gasteiger partial charge in [0, 0.05) is 11.6 Å². The molecule has 0 aliphatic heterocycles. The van der Waals surface area contributed by atoms with Crippen LogP contribution in [0.25, 0.3) is 16.6 Å². The van der Waals surface area contributed by atoms with Gasteiger partial charge in [-0.25, -0.2) is 17.5 Å². The molecule has 0 unspecified atom stereocenters. The normalized spacial score (nSPS) is 11.7. The zero-order valence-corrected chi connectivity index (χ0v) is 13.8. The van der Waals surface area contributed by atoms with Gasteiger partial charge in [0.15, 0.2) is 0 Å². The molecule has 6 heteroatoms. The van der Waals surface area contributed by atoms with Crippen LogP contribution in [0.3, 0.4) is 0 Å². The summed E-state index contributed by atoms with van der Waals surface area (Å²) in [5.41, 5.74) is 1.36. The minimum atomic E-state index is -3.58. The van der Waals surface area contributed by atoms with E-state index in [0.717, 1.165) is 0 Å². The minimum Gasteiger partial charge on any atom is -0.240 e. The van der Waals surface area contributed by atoms with Gasteiger partial charge in [0.1, 0.15) is 5.82 Å². The van der Waals surface area contributed by atoms with Crippen molar-refractivity contribution in [1.29, 1.82) is 0 Å². The Kier molecular flexibility index (Phi) is 3.62. The third-order valence-corrected chi connectivity index (χ3v) is 5.70. The number of benzene rings is 3. The fourth-order valence-corrected chi connectivity index (χ4v) is 3.95. The third kappa shape index (κ3) is 2.81. The monoisotopic (exact) mass is 352 g/mol. The topological polar surface area (TPSA) is 52.0 Å². The predicted octanol–water partition coefficient (Wildman–Crippen LogP) is 4.00. The van der Waals surface area contributed by atoms with Crippen molar-refractivity contribution >= 4 is 20.7 Å². The molecule has 1 heterocycles. The van der Waals surface area contributed by atoms with E-state index in [1.165, 1.54) is 12.1 Å². The van der Waals surface area contributed by atoms with Crippen LogP contribution in [-0.4, -0.2) is 18.2 Å². The average Bonchev–Trinajstić information content (AvgIpc) is 3.06. The minimum absolute atomic E-state index is 0.213. The molecule has 0 aliphatic carbocycles.